The number of oxime groups is 1. The number of aldehydes is 1. The van der Waals surface area contributed by atoms with E-state index in [2.05, 4.69) is 12.7 Å². The zero-order chi connectivity index (χ0) is 43.2. The number of rotatable bonds is 21. The predicted molar refractivity (Wildman–Crippen MR) is 231 cm³/mol. The lowest BCUT2D eigenvalue weighted by atomic mass is 9.55. The van der Waals surface area contributed by atoms with E-state index in [-0.39, 0.29) is 62.7 Å². The van der Waals surface area contributed by atoms with Crippen molar-refractivity contribution in [2.24, 2.45) is 28.8 Å². The van der Waals surface area contributed by atoms with Crippen molar-refractivity contribution in [3.63, 3.8) is 0 Å². The maximum atomic E-state index is 14.9. The van der Waals surface area contributed by atoms with Gasteiger partial charge in [0, 0.05) is 43.6 Å². The molecule has 2 saturated carbocycles. The minimum Gasteiger partial charge on any atom is -0.496 e. The van der Waals surface area contributed by atoms with Gasteiger partial charge >= 0.3 is 0 Å². The molecular formula is C49H58N2O11. The Kier molecular flexibility index (Phi) is 13.5. The predicted octanol–water partition coefficient (Wildman–Crippen LogP) is 8.12. The van der Waals surface area contributed by atoms with Crippen LogP contribution in [0.25, 0.3) is 0 Å². The van der Waals surface area contributed by atoms with Crippen molar-refractivity contribution in [3.8, 4) is 34.5 Å². The minimum absolute atomic E-state index is 0.0264. The van der Waals surface area contributed by atoms with E-state index in [9.17, 15) is 19.8 Å². The molecule has 0 radical (unpaired) electrons. The Balaban J connectivity index is 1.31. The Labute approximate surface area is 363 Å². The third-order valence-corrected chi connectivity index (χ3v) is 12.9. The number of aliphatic hydroxyl groups is 2. The van der Waals surface area contributed by atoms with Crippen molar-refractivity contribution in [1.82, 2.24) is 4.90 Å². The molecule has 1 amide bonds. The molecule has 0 saturated heterocycles. The van der Waals surface area contributed by atoms with Gasteiger partial charge in [0.05, 0.1) is 30.9 Å². The smallest absolute Gasteiger partial charge is 0.239 e. The number of hydrogen-bond acceptors (Lipinski definition) is 12. The first-order chi connectivity index (χ1) is 30.4. The van der Waals surface area contributed by atoms with Crippen LogP contribution < -0.4 is 23.7 Å². The molecule has 8 rings (SSSR count). The SMILES string of the molecule is C=CCOC12Oc3ccc(Oc4ccc(OC)c(C=O)c4)cc3C3C(CCCCO)C(CCCCO)C=C(C(=NOCC)CC1N(Cc1ccc4c(c1)OCO4)C(=O)C1CC1)C32. The summed E-state index contributed by atoms with van der Waals surface area (Å²) >= 11 is 0. The first kappa shape index (κ1) is 43.3. The highest BCUT2D eigenvalue weighted by Gasteiger charge is 2.66. The van der Waals surface area contributed by atoms with Crippen molar-refractivity contribution in [1.29, 1.82) is 0 Å². The van der Waals surface area contributed by atoms with Crippen LogP contribution in [0.1, 0.15) is 92.1 Å². The van der Waals surface area contributed by atoms with Gasteiger partial charge in [0.1, 0.15) is 35.6 Å². The normalized spacial score (nSPS) is 24.9. The van der Waals surface area contributed by atoms with Crippen LogP contribution in [-0.2, 0) is 20.9 Å². The number of ether oxygens (including phenoxy) is 6. The Bertz CT molecular complexity index is 2170. The summed E-state index contributed by atoms with van der Waals surface area (Å²) in [7, 11) is 1.52. The first-order valence-electron chi connectivity index (χ1n) is 22.1. The summed E-state index contributed by atoms with van der Waals surface area (Å²) in [5, 5.41) is 24.7. The number of methoxy groups -OCH3 is 1. The van der Waals surface area contributed by atoms with Gasteiger partial charge in [-0.3, -0.25) is 9.59 Å². The summed E-state index contributed by atoms with van der Waals surface area (Å²) in [5.41, 5.74) is 3.87. The molecule has 3 aromatic rings. The van der Waals surface area contributed by atoms with Gasteiger partial charge in [-0.2, -0.15) is 0 Å². The molecule has 62 heavy (non-hydrogen) atoms. The highest BCUT2D eigenvalue weighted by molar-refractivity contribution is 6.03. The summed E-state index contributed by atoms with van der Waals surface area (Å²) in [4.78, 5) is 34.6. The van der Waals surface area contributed by atoms with Crippen molar-refractivity contribution in [2.75, 3.05) is 40.3 Å². The zero-order valence-electron chi connectivity index (χ0n) is 35.7. The number of unbranched alkanes of at least 4 members (excludes halogenated alkanes) is 2. The van der Waals surface area contributed by atoms with E-state index >= 15 is 0 Å². The molecule has 0 bridgehead atoms. The number of carbonyl (C=O) groups is 2. The Morgan fingerprint density at radius 3 is 2.47 bits per heavy atom. The topological polar surface area (TPSA) is 155 Å². The van der Waals surface area contributed by atoms with E-state index in [1.807, 2.05) is 48.2 Å². The number of hydrogen-bond donors (Lipinski definition) is 2. The molecule has 2 heterocycles. The van der Waals surface area contributed by atoms with Gasteiger partial charge in [-0.1, -0.05) is 36.2 Å². The molecule has 2 N–H and O–H groups in total. The average Bonchev–Trinajstić information content (AvgIpc) is 4.04. The lowest BCUT2D eigenvalue weighted by Crippen LogP contribution is -2.70. The molecule has 13 heteroatoms. The van der Waals surface area contributed by atoms with E-state index in [1.54, 1.807) is 24.3 Å². The molecule has 2 fully saturated rings. The molecule has 2 aliphatic heterocycles. The summed E-state index contributed by atoms with van der Waals surface area (Å²) < 4.78 is 37.8. The van der Waals surface area contributed by atoms with Crippen LogP contribution >= 0.6 is 0 Å². The molecule has 330 valence electrons. The Morgan fingerprint density at radius 2 is 1.73 bits per heavy atom. The largest absolute Gasteiger partial charge is 0.496 e. The van der Waals surface area contributed by atoms with Gasteiger partial charge in [-0.15, -0.1) is 6.58 Å². The third kappa shape index (κ3) is 8.67. The van der Waals surface area contributed by atoms with Crippen molar-refractivity contribution in [3.05, 3.63) is 95.6 Å². The quantitative estimate of drug-likeness (QED) is 0.0462. The van der Waals surface area contributed by atoms with E-state index < -0.39 is 17.7 Å². The molecule has 5 aliphatic rings. The number of fused-ring (bicyclic) bond motifs is 3. The van der Waals surface area contributed by atoms with Gasteiger partial charge in [-0.25, -0.2) is 0 Å². The number of allylic oxidation sites excluding steroid dienone is 1. The first-order valence-corrected chi connectivity index (χ1v) is 22.1. The number of benzene rings is 3. The summed E-state index contributed by atoms with van der Waals surface area (Å²) in [6, 6.07) is 16.1. The summed E-state index contributed by atoms with van der Waals surface area (Å²) in [6.07, 6.45) is 11.3. The van der Waals surface area contributed by atoms with Crippen molar-refractivity contribution >= 4 is 17.9 Å². The van der Waals surface area contributed by atoms with Gasteiger partial charge in [0.15, 0.2) is 17.8 Å². The molecule has 3 aromatic carbocycles. The second-order valence-corrected chi connectivity index (χ2v) is 16.7. The van der Waals surface area contributed by atoms with Gasteiger partial charge in [0.2, 0.25) is 18.5 Å². The number of amides is 1. The van der Waals surface area contributed by atoms with Crippen LogP contribution in [0.4, 0.5) is 0 Å². The van der Waals surface area contributed by atoms with E-state index in [4.69, 9.17) is 38.4 Å². The average molecular weight is 851 g/mol. The molecule has 6 atom stereocenters. The zero-order valence-corrected chi connectivity index (χ0v) is 35.7. The van der Waals surface area contributed by atoms with Crippen LogP contribution in [0, 0.1) is 23.7 Å². The molecule has 6 unspecified atom stereocenters. The number of carbonyl (C=O) groups excluding carboxylic acids is 2. The van der Waals surface area contributed by atoms with E-state index in [0.717, 1.165) is 67.2 Å². The van der Waals surface area contributed by atoms with Crippen LogP contribution in [0.2, 0.25) is 0 Å². The number of aliphatic hydroxyl groups excluding tert-OH is 2. The van der Waals surface area contributed by atoms with Crippen LogP contribution in [0.5, 0.6) is 34.5 Å². The fraction of sp³-hybridized carbons (Fsp3) is 0.490. The Morgan fingerprint density at radius 1 is 0.968 bits per heavy atom. The van der Waals surface area contributed by atoms with Crippen molar-refractivity contribution in [2.45, 2.75) is 89.0 Å². The third-order valence-electron chi connectivity index (χ3n) is 12.9. The van der Waals surface area contributed by atoms with E-state index in [1.165, 1.54) is 7.11 Å². The maximum absolute atomic E-state index is 14.9. The molecule has 3 aliphatic carbocycles. The second-order valence-electron chi connectivity index (χ2n) is 16.7. The van der Waals surface area contributed by atoms with Crippen LogP contribution in [0.3, 0.4) is 0 Å². The second kappa shape index (κ2) is 19.3. The van der Waals surface area contributed by atoms with Gasteiger partial charge in [0.25, 0.3) is 0 Å². The highest BCUT2D eigenvalue weighted by Crippen LogP contribution is 2.62. The fourth-order valence-electron chi connectivity index (χ4n) is 10.0. The van der Waals surface area contributed by atoms with E-state index in [0.29, 0.717) is 65.9 Å². The monoisotopic (exact) mass is 850 g/mol. The van der Waals surface area contributed by atoms with Gasteiger partial charge in [-0.05, 0) is 117 Å². The fourth-order valence-corrected chi connectivity index (χ4v) is 10.0. The minimum atomic E-state index is -1.40. The lowest BCUT2D eigenvalue weighted by Gasteiger charge is -2.60. The lowest BCUT2D eigenvalue weighted by molar-refractivity contribution is -0.258. The highest BCUT2D eigenvalue weighted by atomic mass is 16.7. The Hall–Kier alpha value is -5.37. The van der Waals surface area contributed by atoms with Crippen LogP contribution in [0.15, 0.2) is 84.1 Å². The molecular weight excluding hydrogens is 793 g/mol. The molecule has 0 aromatic heterocycles. The number of nitrogens with zero attached hydrogens (tertiary/aromatic N) is 2. The van der Waals surface area contributed by atoms with Gasteiger partial charge < -0.3 is 48.4 Å². The van der Waals surface area contributed by atoms with Crippen molar-refractivity contribution < 1.29 is 53.1 Å². The molecule has 13 nitrogen and oxygen atoms in total. The molecule has 0 spiro atoms. The standard InChI is InChI=1S/C49H58N2O11/c1-4-22-59-49-45(51(48(55)32-13-14-32)28-31-12-17-43-44(23-31)58-30-57-43)27-40(50-60-5-2)38-25-33(10-6-8-20-52)37(11-7-9-21-53)46(47(38)49)39-26-36(16-19-42(39)62-49)61-35-15-18-41(56-3)34(24-35)29-54/h4,12,15-19,23-26,29,32-33,37,45-47,52-53H,1,5-11,13-14,20-22,27-28,30H2,2-3H3. The summed E-state index contributed by atoms with van der Waals surface area (Å²) in [6.45, 7) is 7.06. The maximum Gasteiger partial charge on any atom is 0.239 e. The van der Waals surface area contributed by atoms with Crippen LogP contribution in [-0.4, -0.2) is 85.2 Å². The summed E-state index contributed by atoms with van der Waals surface area (Å²) in [5.74, 6) is 1.31.